The van der Waals surface area contributed by atoms with Crippen molar-refractivity contribution in [1.82, 2.24) is 9.78 Å². The number of hydrogen-bond acceptors (Lipinski definition) is 5. The van der Waals surface area contributed by atoms with Crippen LogP contribution in [0, 0.1) is 12.7 Å². The molecule has 0 aliphatic carbocycles. The molecule has 0 spiro atoms. The quantitative estimate of drug-likeness (QED) is 0.769. The number of carbonyl (C=O) groups is 1. The summed E-state index contributed by atoms with van der Waals surface area (Å²) in [5, 5.41) is 8.55. The van der Waals surface area contributed by atoms with Crippen LogP contribution >= 0.6 is 11.3 Å². The van der Waals surface area contributed by atoms with Gasteiger partial charge in [-0.25, -0.2) is 9.18 Å². The Bertz CT molecular complexity index is 915. The van der Waals surface area contributed by atoms with E-state index in [0.717, 1.165) is 15.1 Å². The maximum Gasteiger partial charge on any atom is 0.437 e. The van der Waals surface area contributed by atoms with E-state index >= 15 is 0 Å². The molecule has 124 valence electrons. The molecule has 0 radical (unpaired) electrons. The Hall–Kier alpha value is -2.74. The van der Waals surface area contributed by atoms with Gasteiger partial charge >= 0.3 is 5.76 Å². The second-order valence-corrected chi connectivity index (χ2v) is 6.08. The number of aromatic nitrogens is 2. The van der Waals surface area contributed by atoms with Gasteiger partial charge in [0.2, 0.25) is 5.91 Å². The van der Waals surface area contributed by atoms with Gasteiger partial charge in [-0.3, -0.25) is 4.79 Å². The predicted octanol–water partition coefficient (Wildman–Crippen LogP) is 3.04. The van der Waals surface area contributed by atoms with E-state index < -0.39 is 11.6 Å². The number of aryl methyl sites for hydroxylation is 2. The third-order valence-electron chi connectivity index (χ3n) is 3.36. The number of anilines is 1. The summed E-state index contributed by atoms with van der Waals surface area (Å²) in [6.07, 6.45) is 0.0201. The number of carbonyl (C=O) groups excluding carboxylic acids is 1. The zero-order valence-corrected chi connectivity index (χ0v) is 13.6. The maximum absolute atomic E-state index is 13.2. The average Bonchev–Trinajstić information content (AvgIpc) is 3.18. The standard InChI is InChI=1S/C16H14FN3O3S/c1-10-4-5-11(17)9-12(10)18-14(21)6-7-20-16(22)23-15(19-20)13-3-2-8-24-13/h2-5,8-9H,6-7H2,1H3,(H,18,21). The number of nitrogens with one attached hydrogen (secondary N) is 1. The van der Waals surface area contributed by atoms with Crippen LogP contribution in [-0.4, -0.2) is 15.7 Å². The molecule has 0 bridgehead atoms. The molecular formula is C16H14FN3O3S. The molecule has 2 heterocycles. The van der Waals surface area contributed by atoms with Crippen molar-refractivity contribution >= 4 is 22.9 Å². The van der Waals surface area contributed by atoms with Gasteiger partial charge in [-0.05, 0) is 36.1 Å². The molecule has 3 rings (SSSR count). The normalized spacial score (nSPS) is 10.8. The van der Waals surface area contributed by atoms with Crippen LogP contribution in [-0.2, 0) is 11.3 Å². The molecule has 6 nitrogen and oxygen atoms in total. The maximum atomic E-state index is 13.2. The minimum absolute atomic E-state index is 0.0201. The van der Waals surface area contributed by atoms with Crippen molar-refractivity contribution in [2.75, 3.05) is 5.32 Å². The van der Waals surface area contributed by atoms with Crippen LogP contribution in [0.25, 0.3) is 10.8 Å². The van der Waals surface area contributed by atoms with E-state index in [1.807, 2.05) is 11.4 Å². The first-order valence-electron chi connectivity index (χ1n) is 7.21. The predicted molar refractivity (Wildman–Crippen MR) is 88.5 cm³/mol. The van der Waals surface area contributed by atoms with Crippen LogP contribution < -0.4 is 11.1 Å². The van der Waals surface area contributed by atoms with Crippen LogP contribution in [0.3, 0.4) is 0 Å². The summed E-state index contributed by atoms with van der Waals surface area (Å²) in [5.74, 6) is -1.15. The molecule has 0 atom stereocenters. The third-order valence-corrected chi connectivity index (χ3v) is 4.22. The van der Waals surface area contributed by atoms with Gasteiger partial charge in [-0.1, -0.05) is 12.1 Å². The fourth-order valence-electron chi connectivity index (χ4n) is 2.10. The van der Waals surface area contributed by atoms with Crippen molar-refractivity contribution in [1.29, 1.82) is 0 Å². The van der Waals surface area contributed by atoms with Crippen molar-refractivity contribution in [3.8, 4) is 10.8 Å². The largest absolute Gasteiger partial charge is 0.437 e. The number of hydrogen-bond donors (Lipinski definition) is 1. The van der Waals surface area contributed by atoms with Gasteiger partial charge in [0.25, 0.3) is 5.89 Å². The molecule has 0 saturated heterocycles. The Kier molecular flexibility index (Phi) is 4.57. The highest BCUT2D eigenvalue weighted by molar-refractivity contribution is 7.13. The number of amides is 1. The third kappa shape index (κ3) is 3.60. The van der Waals surface area contributed by atoms with Gasteiger partial charge in [0.15, 0.2) is 0 Å². The van der Waals surface area contributed by atoms with E-state index in [9.17, 15) is 14.0 Å². The van der Waals surface area contributed by atoms with E-state index in [1.165, 1.54) is 23.5 Å². The zero-order chi connectivity index (χ0) is 17.1. The summed E-state index contributed by atoms with van der Waals surface area (Å²) in [5.41, 5.74) is 1.16. The molecule has 8 heteroatoms. The van der Waals surface area contributed by atoms with Crippen LogP contribution in [0.15, 0.2) is 44.9 Å². The Morgan fingerprint density at radius 1 is 1.42 bits per heavy atom. The number of nitrogens with zero attached hydrogens (tertiary/aromatic N) is 2. The van der Waals surface area contributed by atoms with Gasteiger partial charge in [-0.15, -0.1) is 16.4 Å². The van der Waals surface area contributed by atoms with Gasteiger partial charge < -0.3 is 9.73 Å². The van der Waals surface area contributed by atoms with Crippen LogP contribution in [0.5, 0.6) is 0 Å². The fourth-order valence-corrected chi connectivity index (χ4v) is 2.74. The second kappa shape index (κ2) is 6.79. The fraction of sp³-hybridized carbons (Fsp3) is 0.188. The van der Waals surface area contributed by atoms with E-state index in [-0.39, 0.29) is 24.8 Å². The highest BCUT2D eigenvalue weighted by Crippen LogP contribution is 2.21. The van der Waals surface area contributed by atoms with E-state index in [1.54, 1.807) is 19.1 Å². The summed E-state index contributed by atoms with van der Waals surface area (Å²) < 4.78 is 19.4. The first-order valence-corrected chi connectivity index (χ1v) is 8.09. The molecular weight excluding hydrogens is 333 g/mol. The lowest BCUT2D eigenvalue weighted by atomic mass is 10.2. The SMILES string of the molecule is Cc1ccc(F)cc1NC(=O)CCn1nc(-c2cccs2)oc1=O. The zero-order valence-electron chi connectivity index (χ0n) is 12.8. The van der Waals surface area contributed by atoms with E-state index in [2.05, 4.69) is 10.4 Å². The number of thiophene rings is 1. The van der Waals surface area contributed by atoms with Gasteiger partial charge in [0, 0.05) is 12.1 Å². The minimum Gasteiger partial charge on any atom is -0.387 e. The molecule has 24 heavy (non-hydrogen) atoms. The molecule has 0 saturated carbocycles. The minimum atomic E-state index is -0.617. The smallest absolute Gasteiger partial charge is 0.387 e. The van der Waals surface area contributed by atoms with Gasteiger partial charge in [-0.2, -0.15) is 4.68 Å². The topological polar surface area (TPSA) is 77.1 Å². The Labute approximate surface area is 140 Å². The Morgan fingerprint density at radius 2 is 2.25 bits per heavy atom. The lowest BCUT2D eigenvalue weighted by Gasteiger charge is -2.08. The summed E-state index contributed by atoms with van der Waals surface area (Å²) in [6, 6.07) is 7.78. The van der Waals surface area contributed by atoms with Crippen molar-refractivity contribution < 1.29 is 13.6 Å². The Morgan fingerprint density at radius 3 is 3.00 bits per heavy atom. The first-order chi connectivity index (χ1) is 11.5. The molecule has 0 unspecified atom stereocenters. The van der Waals surface area contributed by atoms with Crippen molar-refractivity contribution in [3.63, 3.8) is 0 Å². The van der Waals surface area contributed by atoms with Gasteiger partial charge in [0.05, 0.1) is 11.4 Å². The van der Waals surface area contributed by atoms with Crippen LogP contribution in [0.1, 0.15) is 12.0 Å². The highest BCUT2D eigenvalue weighted by Gasteiger charge is 2.13. The number of rotatable bonds is 5. The van der Waals surface area contributed by atoms with Crippen molar-refractivity contribution in [2.45, 2.75) is 19.9 Å². The monoisotopic (exact) mass is 347 g/mol. The molecule has 0 fully saturated rings. The molecule has 1 amide bonds. The lowest BCUT2D eigenvalue weighted by molar-refractivity contribution is -0.116. The summed E-state index contributed by atoms with van der Waals surface area (Å²) in [7, 11) is 0. The molecule has 0 aliphatic rings. The lowest BCUT2D eigenvalue weighted by Crippen LogP contribution is -2.21. The Balaban J connectivity index is 1.64. The number of halogens is 1. The van der Waals surface area contributed by atoms with E-state index in [4.69, 9.17) is 4.42 Å². The second-order valence-electron chi connectivity index (χ2n) is 5.13. The van der Waals surface area contributed by atoms with E-state index in [0.29, 0.717) is 5.69 Å². The molecule has 3 aromatic rings. The van der Waals surface area contributed by atoms with Crippen LogP contribution in [0.4, 0.5) is 10.1 Å². The molecule has 1 aromatic carbocycles. The summed E-state index contributed by atoms with van der Waals surface area (Å²) in [6.45, 7) is 1.85. The summed E-state index contributed by atoms with van der Waals surface area (Å²) >= 11 is 1.40. The van der Waals surface area contributed by atoms with Crippen molar-refractivity contribution in [2.24, 2.45) is 0 Å². The van der Waals surface area contributed by atoms with Crippen LogP contribution in [0.2, 0.25) is 0 Å². The van der Waals surface area contributed by atoms with Gasteiger partial charge in [0.1, 0.15) is 5.82 Å². The number of benzene rings is 1. The average molecular weight is 347 g/mol. The molecule has 0 aliphatic heterocycles. The first kappa shape index (κ1) is 16.1. The molecule has 1 N–H and O–H groups in total. The summed E-state index contributed by atoms with van der Waals surface area (Å²) in [4.78, 5) is 24.5. The van der Waals surface area contributed by atoms with Crippen molar-refractivity contribution in [3.05, 3.63) is 57.6 Å². The molecule has 2 aromatic heterocycles. The highest BCUT2D eigenvalue weighted by atomic mass is 32.1.